The lowest BCUT2D eigenvalue weighted by molar-refractivity contribution is -0.118. The van der Waals surface area contributed by atoms with E-state index in [9.17, 15) is 14.7 Å². The van der Waals surface area contributed by atoms with Gasteiger partial charge in [0.15, 0.2) is 11.5 Å². The van der Waals surface area contributed by atoms with Gasteiger partial charge in [0.1, 0.15) is 11.8 Å². The van der Waals surface area contributed by atoms with Crippen LogP contribution in [0.3, 0.4) is 0 Å². The number of furan rings is 1. The first-order valence-electron chi connectivity index (χ1n) is 7.55. The van der Waals surface area contributed by atoms with Crippen molar-refractivity contribution in [2.24, 2.45) is 0 Å². The van der Waals surface area contributed by atoms with Crippen molar-refractivity contribution < 1.29 is 19.1 Å². The van der Waals surface area contributed by atoms with E-state index >= 15 is 0 Å². The van der Waals surface area contributed by atoms with Gasteiger partial charge in [0.05, 0.1) is 11.8 Å². The first kappa shape index (κ1) is 16.3. The maximum absolute atomic E-state index is 12.7. The molecule has 1 atom stereocenters. The molecule has 0 saturated heterocycles. The summed E-state index contributed by atoms with van der Waals surface area (Å²) in [5.74, 6) is -1.04. The van der Waals surface area contributed by atoms with E-state index in [0.717, 1.165) is 5.56 Å². The summed E-state index contributed by atoms with van der Waals surface area (Å²) in [6, 6.07) is 7.64. The number of hydrogen-bond acceptors (Lipinski definition) is 4. The molecule has 124 valence electrons. The summed E-state index contributed by atoms with van der Waals surface area (Å²) in [4.78, 5) is 26.4. The Balaban J connectivity index is 2.18. The van der Waals surface area contributed by atoms with Gasteiger partial charge in [0.2, 0.25) is 0 Å². The Labute approximate surface area is 144 Å². The summed E-state index contributed by atoms with van der Waals surface area (Å²) in [6.45, 7) is 3.49. The molecule has 1 aliphatic rings. The van der Waals surface area contributed by atoms with Crippen LogP contribution < -0.4 is 4.90 Å². The lowest BCUT2D eigenvalue weighted by atomic mass is 9.99. The monoisotopic (exact) mass is 345 g/mol. The molecule has 3 rings (SSSR count). The maximum atomic E-state index is 12.7. The molecule has 1 aromatic carbocycles. The number of anilines is 1. The first-order valence-corrected chi connectivity index (χ1v) is 7.93. The second-order valence-electron chi connectivity index (χ2n) is 5.56. The third-order valence-corrected chi connectivity index (χ3v) is 4.30. The molecule has 0 bridgehead atoms. The van der Waals surface area contributed by atoms with Gasteiger partial charge < -0.3 is 9.52 Å². The molecule has 0 spiro atoms. The number of aliphatic hydroxyl groups excluding tert-OH is 1. The summed E-state index contributed by atoms with van der Waals surface area (Å²) in [5, 5.41) is 10.8. The van der Waals surface area contributed by atoms with Gasteiger partial charge in [-0.15, -0.1) is 0 Å². The van der Waals surface area contributed by atoms with Gasteiger partial charge in [-0.05, 0) is 42.8 Å². The highest BCUT2D eigenvalue weighted by atomic mass is 35.5. The molecule has 0 radical (unpaired) electrons. The van der Waals surface area contributed by atoms with Crippen LogP contribution in [0.4, 0.5) is 5.69 Å². The number of aliphatic hydroxyl groups is 1. The van der Waals surface area contributed by atoms with Crippen molar-refractivity contribution in [2.45, 2.75) is 26.3 Å². The SMILES string of the molecule is CCC(=O)C1=C(O)C(=O)N(c2ccc(Cl)cc2C)C1c1ccco1. The van der Waals surface area contributed by atoms with Gasteiger partial charge in [-0.25, -0.2) is 0 Å². The zero-order valence-electron chi connectivity index (χ0n) is 13.2. The van der Waals surface area contributed by atoms with Gasteiger partial charge in [-0.1, -0.05) is 18.5 Å². The number of Topliss-reactive ketones (excluding diaryl/α,β-unsaturated/α-hetero) is 1. The largest absolute Gasteiger partial charge is 0.503 e. The van der Waals surface area contributed by atoms with Crippen molar-refractivity contribution in [1.82, 2.24) is 0 Å². The molecule has 0 aliphatic carbocycles. The van der Waals surface area contributed by atoms with Crippen LogP contribution in [-0.2, 0) is 9.59 Å². The number of benzene rings is 1. The molecule has 2 heterocycles. The number of carbonyl (C=O) groups excluding carboxylic acids is 2. The van der Waals surface area contributed by atoms with Crippen LogP contribution in [0.25, 0.3) is 0 Å². The fraction of sp³-hybridized carbons (Fsp3) is 0.222. The molecule has 1 N–H and O–H groups in total. The second kappa shape index (κ2) is 6.17. The molecule has 0 fully saturated rings. The van der Waals surface area contributed by atoms with Gasteiger partial charge in [-0.3, -0.25) is 14.5 Å². The Morgan fingerprint density at radius 1 is 1.38 bits per heavy atom. The van der Waals surface area contributed by atoms with Gasteiger partial charge in [0.25, 0.3) is 5.91 Å². The highest BCUT2D eigenvalue weighted by molar-refractivity contribution is 6.30. The molecule has 6 heteroatoms. The summed E-state index contributed by atoms with van der Waals surface area (Å²) in [7, 11) is 0. The molecule has 5 nitrogen and oxygen atoms in total. The van der Waals surface area contributed by atoms with E-state index in [0.29, 0.717) is 16.5 Å². The molecule has 1 unspecified atom stereocenters. The molecule has 24 heavy (non-hydrogen) atoms. The van der Waals surface area contributed by atoms with E-state index < -0.39 is 17.7 Å². The fourth-order valence-electron chi connectivity index (χ4n) is 2.93. The molecule has 1 aliphatic heterocycles. The lowest BCUT2D eigenvalue weighted by Gasteiger charge is -2.26. The van der Waals surface area contributed by atoms with Crippen molar-refractivity contribution in [3.8, 4) is 0 Å². The zero-order valence-corrected chi connectivity index (χ0v) is 14.0. The standard InChI is InChI=1S/C18H16ClNO4/c1-3-13(21)15-16(14-5-4-8-24-14)20(18(23)17(15)22)12-7-6-11(19)9-10(12)2/h4-9,16,22H,3H2,1-2H3. The Hall–Kier alpha value is -2.53. The predicted octanol–water partition coefficient (Wildman–Crippen LogP) is 4.12. The molecular weight excluding hydrogens is 330 g/mol. The predicted molar refractivity (Wildman–Crippen MR) is 90.1 cm³/mol. The van der Waals surface area contributed by atoms with E-state index in [1.165, 1.54) is 11.2 Å². The number of halogens is 1. The number of rotatable bonds is 4. The third-order valence-electron chi connectivity index (χ3n) is 4.06. The molecule has 2 aromatic rings. The summed E-state index contributed by atoms with van der Waals surface area (Å²) in [6.07, 6.45) is 1.65. The Kier molecular flexibility index (Phi) is 4.20. The third kappa shape index (κ3) is 2.51. The van der Waals surface area contributed by atoms with Crippen molar-refractivity contribution in [2.75, 3.05) is 4.90 Å². The summed E-state index contributed by atoms with van der Waals surface area (Å²) >= 11 is 5.99. The van der Waals surface area contributed by atoms with E-state index in [4.69, 9.17) is 16.0 Å². The lowest BCUT2D eigenvalue weighted by Crippen LogP contribution is -2.31. The van der Waals surface area contributed by atoms with Crippen LogP contribution in [0.1, 0.15) is 30.7 Å². The van der Waals surface area contributed by atoms with Gasteiger partial charge in [0, 0.05) is 17.1 Å². The van der Waals surface area contributed by atoms with Crippen LogP contribution in [0.2, 0.25) is 5.02 Å². The van der Waals surface area contributed by atoms with E-state index in [2.05, 4.69) is 0 Å². The van der Waals surface area contributed by atoms with Crippen molar-refractivity contribution >= 4 is 29.0 Å². The van der Waals surface area contributed by atoms with E-state index in [1.807, 2.05) is 6.92 Å². The Bertz CT molecular complexity index is 839. The normalized spacial score (nSPS) is 17.7. The summed E-state index contributed by atoms with van der Waals surface area (Å²) in [5.41, 5.74) is 1.38. The first-order chi connectivity index (χ1) is 11.5. The second-order valence-corrected chi connectivity index (χ2v) is 6.00. The maximum Gasteiger partial charge on any atom is 0.294 e. The number of hydrogen-bond donors (Lipinski definition) is 1. The Morgan fingerprint density at radius 3 is 2.71 bits per heavy atom. The molecule has 1 aromatic heterocycles. The minimum absolute atomic E-state index is 0.0619. The van der Waals surface area contributed by atoms with Crippen LogP contribution in [0.5, 0.6) is 0 Å². The highest BCUT2D eigenvalue weighted by Gasteiger charge is 2.45. The fourth-order valence-corrected chi connectivity index (χ4v) is 3.16. The van der Waals surface area contributed by atoms with Crippen LogP contribution >= 0.6 is 11.6 Å². The van der Waals surface area contributed by atoms with E-state index in [1.54, 1.807) is 37.3 Å². The smallest absolute Gasteiger partial charge is 0.294 e. The molecular formula is C18H16ClNO4. The number of aryl methyl sites for hydroxylation is 1. The molecule has 0 saturated carbocycles. The number of nitrogens with zero attached hydrogens (tertiary/aromatic N) is 1. The Morgan fingerprint density at radius 2 is 2.12 bits per heavy atom. The van der Waals surface area contributed by atoms with Gasteiger partial charge in [-0.2, -0.15) is 0 Å². The van der Waals surface area contributed by atoms with Gasteiger partial charge >= 0.3 is 0 Å². The van der Waals surface area contributed by atoms with Crippen LogP contribution in [-0.4, -0.2) is 16.8 Å². The van der Waals surface area contributed by atoms with Crippen LogP contribution in [0.15, 0.2) is 52.3 Å². The quantitative estimate of drug-likeness (QED) is 0.904. The van der Waals surface area contributed by atoms with Crippen molar-refractivity contribution in [3.05, 3.63) is 64.3 Å². The van der Waals surface area contributed by atoms with Crippen LogP contribution in [0, 0.1) is 6.92 Å². The number of amides is 1. The molecule has 1 amide bonds. The minimum Gasteiger partial charge on any atom is -0.503 e. The average molecular weight is 346 g/mol. The number of carbonyl (C=O) groups is 2. The number of ketones is 1. The van der Waals surface area contributed by atoms with Crippen molar-refractivity contribution in [3.63, 3.8) is 0 Å². The highest BCUT2D eigenvalue weighted by Crippen LogP contribution is 2.42. The minimum atomic E-state index is -0.792. The summed E-state index contributed by atoms with van der Waals surface area (Å²) < 4.78 is 5.44. The van der Waals surface area contributed by atoms with E-state index in [-0.39, 0.29) is 17.8 Å². The van der Waals surface area contributed by atoms with Crippen molar-refractivity contribution in [1.29, 1.82) is 0 Å². The zero-order chi connectivity index (χ0) is 17.4. The topological polar surface area (TPSA) is 70.8 Å². The average Bonchev–Trinajstić information content (AvgIpc) is 3.15.